The van der Waals surface area contributed by atoms with Gasteiger partial charge in [-0.15, -0.1) is 0 Å². The Kier molecular flexibility index (Phi) is 9.04. The Morgan fingerprint density at radius 3 is 1.39 bits per heavy atom. The van der Waals surface area contributed by atoms with E-state index < -0.39 is 16.3 Å². The third-order valence-electron chi connectivity index (χ3n) is 6.31. The lowest BCUT2D eigenvalue weighted by atomic mass is 10.2. The maximum Gasteiger partial charge on any atom is 0.353 e. The second-order valence-electron chi connectivity index (χ2n) is 8.48. The average Bonchev–Trinajstić information content (AvgIpc) is 3.02. The van der Waals surface area contributed by atoms with Gasteiger partial charge in [-0.2, -0.15) is 0 Å². The third kappa shape index (κ3) is 5.38. The maximum absolute atomic E-state index is 14.1. The summed E-state index contributed by atoms with van der Waals surface area (Å²) >= 11 is 0. The van der Waals surface area contributed by atoms with Gasteiger partial charge in [0.15, 0.2) is 0 Å². The molecule has 0 amide bonds. The van der Waals surface area contributed by atoms with Crippen molar-refractivity contribution in [3.05, 3.63) is 84.4 Å². The highest BCUT2D eigenvalue weighted by molar-refractivity contribution is 8.30. The fourth-order valence-corrected chi connectivity index (χ4v) is 7.90. The van der Waals surface area contributed by atoms with Crippen molar-refractivity contribution in [2.45, 2.75) is 14.7 Å². The van der Waals surface area contributed by atoms with Crippen LogP contribution in [0.2, 0.25) is 0 Å². The van der Waals surface area contributed by atoms with E-state index in [9.17, 15) is 9.90 Å². The Morgan fingerprint density at radius 1 is 0.585 bits per heavy atom. The highest BCUT2D eigenvalue weighted by atomic mass is 32.3. The van der Waals surface area contributed by atoms with Crippen LogP contribution in [0, 0.1) is 0 Å². The first-order valence-electron chi connectivity index (χ1n) is 12.4. The summed E-state index contributed by atoms with van der Waals surface area (Å²) in [7, 11) is 5.86. The number of phenolic OH excluding ortho intramolecular Hbond substituents is 1. The van der Waals surface area contributed by atoms with Crippen LogP contribution in [0.15, 0.2) is 93.5 Å². The maximum atomic E-state index is 14.1. The zero-order chi connectivity index (χ0) is 29.6. The number of carbonyl (C=O) groups is 1. The Hall–Kier alpha value is -4.70. The number of methoxy groups -OCH3 is 6. The van der Waals surface area contributed by atoms with E-state index in [1.807, 2.05) is 30.3 Å². The number of ether oxygens (including phenoxy) is 6. The van der Waals surface area contributed by atoms with Crippen molar-refractivity contribution >= 4 is 16.3 Å². The summed E-state index contributed by atoms with van der Waals surface area (Å²) in [5, 5.41) is 10.6. The van der Waals surface area contributed by atoms with E-state index in [-0.39, 0.29) is 11.3 Å². The molecule has 0 spiro atoms. The van der Waals surface area contributed by atoms with Crippen LogP contribution in [0.25, 0.3) is 0 Å². The number of phenols is 1. The van der Waals surface area contributed by atoms with Gasteiger partial charge in [0.2, 0.25) is 0 Å². The van der Waals surface area contributed by atoms with Gasteiger partial charge in [0.25, 0.3) is 0 Å². The van der Waals surface area contributed by atoms with Crippen molar-refractivity contribution in [3.63, 3.8) is 0 Å². The van der Waals surface area contributed by atoms with E-state index in [2.05, 4.69) is 0 Å². The molecule has 4 aromatic rings. The number of para-hydroxylation sites is 1. The topological polar surface area (TPSA) is 102 Å². The normalized spacial score (nSPS) is 11.3. The molecule has 0 aliphatic heterocycles. The van der Waals surface area contributed by atoms with E-state index >= 15 is 0 Å². The van der Waals surface area contributed by atoms with E-state index in [1.54, 1.807) is 36.4 Å². The summed E-state index contributed by atoms with van der Waals surface area (Å²) in [6.07, 6.45) is 0. The second-order valence-corrected chi connectivity index (χ2v) is 11.0. The van der Waals surface area contributed by atoms with Crippen LogP contribution in [-0.4, -0.2) is 53.7 Å². The minimum atomic E-state index is -3.19. The predicted octanol–water partition coefficient (Wildman–Crippen LogP) is 6.50. The molecule has 41 heavy (non-hydrogen) atoms. The summed E-state index contributed by atoms with van der Waals surface area (Å²) in [5.74, 6) is 1.20. The highest BCUT2D eigenvalue weighted by Gasteiger charge is 2.46. The molecule has 0 aliphatic rings. The summed E-state index contributed by atoms with van der Waals surface area (Å²) in [4.78, 5) is 15.5. The molecule has 0 heterocycles. The number of hydrogen-bond acceptors (Lipinski definition) is 9. The Bertz CT molecular complexity index is 1410. The molecular formula is C31H32O9S. The first kappa shape index (κ1) is 29.3. The van der Waals surface area contributed by atoms with Gasteiger partial charge in [0, 0.05) is 39.5 Å². The molecule has 0 aliphatic carbocycles. The minimum absolute atomic E-state index is 0.0294. The van der Waals surface area contributed by atoms with Crippen LogP contribution in [0.5, 0.6) is 40.2 Å². The van der Waals surface area contributed by atoms with Gasteiger partial charge in [0.05, 0.1) is 42.7 Å². The summed E-state index contributed by atoms with van der Waals surface area (Å²) < 4.78 is 41.3. The minimum Gasteiger partial charge on any atom is -0.507 e. The zero-order valence-corrected chi connectivity index (χ0v) is 24.4. The first-order valence-corrected chi connectivity index (χ1v) is 13.9. The van der Waals surface area contributed by atoms with E-state index in [0.29, 0.717) is 49.2 Å². The van der Waals surface area contributed by atoms with Gasteiger partial charge in [-0.3, -0.25) is 0 Å². The summed E-state index contributed by atoms with van der Waals surface area (Å²) in [5.41, 5.74) is -0.0294. The molecule has 10 heteroatoms. The average molecular weight is 581 g/mol. The SMILES string of the molecule is COc1cc(OC)c(S(OC(=O)c2ccccc2O)(c2ccccc2)c2c(OC)cc(OC)cc2OC)c(OC)c1. The van der Waals surface area contributed by atoms with Crippen molar-refractivity contribution in [1.82, 2.24) is 0 Å². The van der Waals surface area contributed by atoms with Crippen LogP contribution in [0.3, 0.4) is 0 Å². The molecular weight excluding hydrogens is 548 g/mol. The highest BCUT2D eigenvalue weighted by Crippen LogP contribution is 2.77. The molecule has 0 saturated heterocycles. The van der Waals surface area contributed by atoms with Gasteiger partial charge >= 0.3 is 5.97 Å². The first-order chi connectivity index (χ1) is 19.9. The molecule has 216 valence electrons. The molecule has 0 radical (unpaired) electrons. The lowest BCUT2D eigenvalue weighted by molar-refractivity contribution is 0.0753. The fourth-order valence-electron chi connectivity index (χ4n) is 4.40. The smallest absolute Gasteiger partial charge is 0.353 e. The van der Waals surface area contributed by atoms with Crippen molar-refractivity contribution < 1.29 is 42.5 Å². The summed E-state index contributed by atoms with van der Waals surface area (Å²) in [6.45, 7) is 0. The van der Waals surface area contributed by atoms with Crippen molar-refractivity contribution in [3.8, 4) is 40.2 Å². The van der Waals surface area contributed by atoms with Gasteiger partial charge in [-0.25, -0.2) is 4.79 Å². The van der Waals surface area contributed by atoms with Crippen molar-refractivity contribution in [1.29, 1.82) is 0 Å². The monoisotopic (exact) mass is 580 g/mol. The Labute approximate surface area is 240 Å². The zero-order valence-electron chi connectivity index (χ0n) is 23.6. The quantitative estimate of drug-likeness (QED) is 0.213. The molecule has 0 bridgehead atoms. The molecule has 0 unspecified atom stereocenters. The van der Waals surface area contributed by atoms with E-state index in [1.165, 1.54) is 54.8 Å². The molecule has 0 fully saturated rings. The molecule has 0 aromatic heterocycles. The van der Waals surface area contributed by atoms with Crippen LogP contribution in [0.1, 0.15) is 10.4 Å². The standard InChI is InChI=1S/C31H32O9S/c1-34-20-16-25(36-3)29(26(17-20)37-4)41(22-12-8-7-9-13-22,40-31(33)23-14-10-11-15-24(23)32)30-27(38-5)18-21(35-2)19-28(30)39-6/h7-19,32H,1-6H3. The number of carbonyl (C=O) groups excluding carboxylic acids is 1. The Morgan fingerprint density at radius 2 is 1.00 bits per heavy atom. The van der Waals surface area contributed by atoms with Gasteiger partial charge in [-0.1, -0.05) is 30.3 Å². The second kappa shape index (κ2) is 12.6. The lowest BCUT2D eigenvalue weighted by Crippen LogP contribution is -2.17. The molecule has 4 rings (SSSR count). The third-order valence-corrected chi connectivity index (χ3v) is 9.61. The lowest BCUT2D eigenvalue weighted by Gasteiger charge is -2.42. The molecule has 1 N–H and O–H groups in total. The Balaban J connectivity index is 2.25. The van der Waals surface area contributed by atoms with Gasteiger partial charge in [0.1, 0.15) is 55.6 Å². The largest absolute Gasteiger partial charge is 0.507 e. The van der Waals surface area contributed by atoms with Gasteiger partial charge < -0.3 is 37.7 Å². The van der Waals surface area contributed by atoms with Crippen LogP contribution < -0.4 is 28.4 Å². The fraction of sp³-hybridized carbons (Fsp3) is 0.194. The molecule has 0 atom stereocenters. The number of aromatic hydroxyl groups is 1. The number of benzene rings is 4. The molecule has 4 aromatic carbocycles. The molecule has 0 saturated carbocycles. The van der Waals surface area contributed by atoms with Crippen molar-refractivity contribution in [2.24, 2.45) is 0 Å². The van der Waals surface area contributed by atoms with E-state index in [0.717, 1.165) is 0 Å². The van der Waals surface area contributed by atoms with Crippen LogP contribution >= 0.6 is 10.3 Å². The van der Waals surface area contributed by atoms with Crippen molar-refractivity contribution in [2.75, 3.05) is 42.7 Å². The number of hydrogen-bond donors (Lipinski definition) is 1. The number of rotatable bonds is 11. The van der Waals surface area contributed by atoms with Crippen LogP contribution in [-0.2, 0) is 4.18 Å². The molecule has 9 nitrogen and oxygen atoms in total. The summed E-state index contributed by atoms with van der Waals surface area (Å²) in [6, 6.07) is 22.1. The van der Waals surface area contributed by atoms with E-state index in [4.69, 9.17) is 32.6 Å². The van der Waals surface area contributed by atoms with Crippen LogP contribution in [0.4, 0.5) is 0 Å². The predicted molar refractivity (Wildman–Crippen MR) is 155 cm³/mol. The van der Waals surface area contributed by atoms with Gasteiger partial charge in [-0.05, 0) is 24.3 Å².